The number of unbranched alkanes of at least 4 members (excludes halogenated alkanes) is 1. The molecule has 27 heavy (non-hydrogen) atoms. The van der Waals surface area contributed by atoms with Gasteiger partial charge in [0.1, 0.15) is 5.75 Å². The van der Waals surface area contributed by atoms with Crippen molar-refractivity contribution in [3.63, 3.8) is 0 Å². The number of hydrogen-bond donors (Lipinski definition) is 1. The minimum Gasteiger partial charge on any atom is -0.508 e. The molecule has 1 aliphatic heterocycles. The minimum absolute atomic E-state index is 0.138. The van der Waals surface area contributed by atoms with E-state index in [0.717, 1.165) is 24.9 Å². The summed E-state index contributed by atoms with van der Waals surface area (Å²) in [5, 5.41) is 10.8. The number of likely N-dealkylation sites (N-methyl/N-ethyl adjacent to an activating group) is 1. The monoisotopic (exact) mass is 386 g/mol. The van der Waals surface area contributed by atoms with Crippen molar-refractivity contribution in [3.05, 3.63) is 64.2 Å². The number of phenols is 1. The summed E-state index contributed by atoms with van der Waals surface area (Å²) >= 11 is 6.12. The van der Waals surface area contributed by atoms with E-state index in [0.29, 0.717) is 24.5 Å². The highest BCUT2D eigenvalue weighted by Crippen LogP contribution is 2.29. The van der Waals surface area contributed by atoms with E-state index in [1.807, 2.05) is 24.1 Å². The average molecular weight is 387 g/mol. The molecule has 1 aliphatic rings. The van der Waals surface area contributed by atoms with Crippen LogP contribution in [0.4, 0.5) is 0 Å². The van der Waals surface area contributed by atoms with Gasteiger partial charge in [0.2, 0.25) is 5.91 Å². The van der Waals surface area contributed by atoms with Crippen molar-refractivity contribution < 1.29 is 9.90 Å². The molecule has 0 saturated heterocycles. The van der Waals surface area contributed by atoms with Gasteiger partial charge in [0.05, 0.1) is 6.04 Å². The predicted octanol–water partition coefficient (Wildman–Crippen LogP) is 4.23. The van der Waals surface area contributed by atoms with Crippen LogP contribution in [-0.4, -0.2) is 40.4 Å². The normalized spacial score (nSPS) is 16.8. The van der Waals surface area contributed by atoms with Crippen molar-refractivity contribution >= 4 is 17.5 Å². The maximum atomic E-state index is 13.2. The van der Waals surface area contributed by atoms with E-state index >= 15 is 0 Å². The SMILES string of the molecule is CCCCN(C)C(=O)[C@H]1Cc2ccccc2CN1Cc1cc(Cl)ccc1O. The number of hydrogen-bond acceptors (Lipinski definition) is 3. The number of nitrogens with zero attached hydrogens (tertiary/aromatic N) is 2. The number of phenolic OH excluding ortho intramolecular Hbond substituents is 1. The molecule has 5 heteroatoms. The number of carbonyl (C=O) groups is 1. The van der Waals surface area contributed by atoms with Crippen LogP contribution in [0.1, 0.15) is 36.5 Å². The smallest absolute Gasteiger partial charge is 0.240 e. The first-order valence-electron chi connectivity index (χ1n) is 9.52. The van der Waals surface area contributed by atoms with Gasteiger partial charge in [0.15, 0.2) is 0 Å². The van der Waals surface area contributed by atoms with Crippen LogP contribution in [0, 0.1) is 0 Å². The quantitative estimate of drug-likeness (QED) is 0.807. The van der Waals surface area contributed by atoms with Gasteiger partial charge >= 0.3 is 0 Å². The number of benzene rings is 2. The van der Waals surface area contributed by atoms with Crippen molar-refractivity contribution in [2.75, 3.05) is 13.6 Å². The fourth-order valence-electron chi connectivity index (χ4n) is 3.65. The molecule has 2 aromatic carbocycles. The van der Waals surface area contributed by atoms with Crippen LogP contribution in [0.3, 0.4) is 0 Å². The molecule has 2 aromatic rings. The zero-order chi connectivity index (χ0) is 19.4. The molecule has 1 heterocycles. The minimum atomic E-state index is -0.236. The van der Waals surface area contributed by atoms with Crippen LogP contribution in [0.15, 0.2) is 42.5 Å². The van der Waals surface area contributed by atoms with E-state index in [-0.39, 0.29) is 17.7 Å². The van der Waals surface area contributed by atoms with Crippen LogP contribution in [0.25, 0.3) is 0 Å². The number of halogens is 1. The summed E-state index contributed by atoms with van der Waals surface area (Å²) in [6.45, 7) is 4.06. The first kappa shape index (κ1) is 19.7. The van der Waals surface area contributed by atoms with Crippen LogP contribution in [0.2, 0.25) is 5.02 Å². The molecule has 0 aromatic heterocycles. The Morgan fingerprint density at radius 3 is 2.74 bits per heavy atom. The molecule has 0 saturated carbocycles. The van der Waals surface area contributed by atoms with Crippen molar-refractivity contribution in [3.8, 4) is 5.75 Å². The van der Waals surface area contributed by atoms with Crippen LogP contribution in [-0.2, 0) is 24.3 Å². The third kappa shape index (κ3) is 4.63. The molecular formula is C22H27ClN2O2. The van der Waals surface area contributed by atoms with Crippen LogP contribution < -0.4 is 0 Å². The molecule has 0 bridgehead atoms. The van der Waals surface area contributed by atoms with E-state index < -0.39 is 0 Å². The lowest BCUT2D eigenvalue weighted by Crippen LogP contribution is -2.50. The lowest BCUT2D eigenvalue weighted by Gasteiger charge is -2.38. The average Bonchev–Trinajstić information content (AvgIpc) is 2.67. The van der Waals surface area contributed by atoms with Gasteiger partial charge in [-0.1, -0.05) is 49.2 Å². The zero-order valence-corrected chi connectivity index (χ0v) is 16.7. The highest BCUT2D eigenvalue weighted by atomic mass is 35.5. The number of aromatic hydroxyl groups is 1. The molecule has 0 radical (unpaired) electrons. The summed E-state index contributed by atoms with van der Waals surface area (Å²) in [6.07, 6.45) is 2.75. The Bertz CT molecular complexity index is 809. The van der Waals surface area contributed by atoms with Crippen molar-refractivity contribution in [2.45, 2.75) is 45.3 Å². The number of amides is 1. The van der Waals surface area contributed by atoms with Crippen molar-refractivity contribution in [2.24, 2.45) is 0 Å². The van der Waals surface area contributed by atoms with E-state index in [2.05, 4.69) is 24.0 Å². The summed E-state index contributed by atoms with van der Waals surface area (Å²) in [5.41, 5.74) is 3.21. The van der Waals surface area contributed by atoms with Gasteiger partial charge in [-0.3, -0.25) is 9.69 Å². The van der Waals surface area contributed by atoms with E-state index in [1.54, 1.807) is 18.2 Å². The Labute approximate surface area is 166 Å². The highest BCUT2D eigenvalue weighted by Gasteiger charge is 2.33. The van der Waals surface area contributed by atoms with E-state index in [4.69, 9.17) is 11.6 Å². The third-order valence-corrected chi connectivity index (χ3v) is 5.50. The van der Waals surface area contributed by atoms with Crippen LogP contribution in [0.5, 0.6) is 5.75 Å². The second-order valence-electron chi connectivity index (χ2n) is 7.28. The van der Waals surface area contributed by atoms with Gasteiger partial charge in [-0.25, -0.2) is 0 Å². The summed E-state index contributed by atoms with van der Waals surface area (Å²) < 4.78 is 0. The Morgan fingerprint density at radius 2 is 2.00 bits per heavy atom. The number of rotatable bonds is 6. The maximum Gasteiger partial charge on any atom is 0.240 e. The zero-order valence-electron chi connectivity index (χ0n) is 16.0. The molecule has 0 fully saturated rings. The van der Waals surface area contributed by atoms with Gasteiger partial charge in [-0.2, -0.15) is 0 Å². The second-order valence-corrected chi connectivity index (χ2v) is 7.72. The maximum absolute atomic E-state index is 13.2. The summed E-state index contributed by atoms with van der Waals surface area (Å²) in [6, 6.07) is 13.1. The summed E-state index contributed by atoms with van der Waals surface area (Å²) in [7, 11) is 1.88. The van der Waals surface area contributed by atoms with Gasteiger partial charge in [0, 0.05) is 37.3 Å². The first-order chi connectivity index (χ1) is 13.0. The Morgan fingerprint density at radius 1 is 1.26 bits per heavy atom. The molecule has 3 rings (SSSR count). The predicted molar refractivity (Wildman–Crippen MR) is 109 cm³/mol. The molecule has 0 unspecified atom stereocenters. The molecule has 0 aliphatic carbocycles. The molecule has 1 amide bonds. The largest absolute Gasteiger partial charge is 0.508 e. The van der Waals surface area contributed by atoms with Gasteiger partial charge in [0.25, 0.3) is 0 Å². The Kier molecular flexibility index (Phi) is 6.40. The molecule has 1 atom stereocenters. The van der Waals surface area contributed by atoms with Crippen molar-refractivity contribution in [1.29, 1.82) is 0 Å². The Hall–Kier alpha value is -2.04. The second kappa shape index (κ2) is 8.77. The summed E-state index contributed by atoms with van der Waals surface area (Å²) in [4.78, 5) is 17.2. The highest BCUT2D eigenvalue weighted by molar-refractivity contribution is 6.30. The fourth-order valence-corrected chi connectivity index (χ4v) is 3.84. The fraction of sp³-hybridized carbons (Fsp3) is 0.409. The lowest BCUT2D eigenvalue weighted by molar-refractivity contribution is -0.136. The Balaban J connectivity index is 1.87. The van der Waals surface area contributed by atoms with Gasteiger partial charge < -0.3 is 10.0 Å². The lowest BCUT2D eigenvalue weighted by atomic mass is 9.92. The first-order valence-corrected chi connectivity index (χ1v) is 9.90. The molecule has 4 nitrogen and oxygen atoms in total. The van der Waals surface area contributed by atoms with Gasteiger partial charge in [-0.05, 0) is 42.2 Å². The molecule has 144 valence electrons. The number of carbonyl (C=O) groups excluding carboxylic acids is 1. The molecule has 0 spiro atoms. The van der Waals surface area contributed by atoms with E-state index in [1.165, 1.54) is 11.1 Å². The summed E-state index contributed by atoms with van der Waals surface area (Å²) in [5.74, 6) is 0.350. The van der Waals surface area contributed by atoms with Crippen LogP contribution >= 0.6 is 11.6 Å². The number of fused-ring (bicyclic) bond motifs is 1. The molecular weight excluding hydrogens is 360 g/mol. The van der Waals surface area contributed by atoms with Gasteiger partial charge in [-0.15, -0.1) is 0 Å². The standard InChI is InChI=1S/C22H27ClN2O2/c1-3-4-11-24(2)22(27)20-13-16-7-5-6-8-17(16)14-25(20)15-18-12-19(23)9-10-21(18)26/h5-10,12,20,26H,3-4,11,13-15H2,1-2H3/t20-/m1/s1. The van der Waals surface area contributed by atoms with Crippen molar-refractivity contribution in [1.82, 2.24) is 9.80 Å². The molecule has 1 N–H and O–H groups in total. The van der Waals surface area contributed by atoms with E-state index in [9.17, 15) is 9.90 Å². The third-order valence-electron chi connectivity index (χ3n) is 5.27. The topological polar surface area (TPSA) is 43.8 Å².